The van der Waals surface area contributed by atoms with Crippen LogP contribution in [0.25, 0.3) is 6.08 Å². The second-order valence-corrected chi connectivity index (χ2v) is 6.87. The van der Waals surface area contributed by atoms with E-state index >= 15 is 0 Å². The molecular formula is C17H24ClNO8. The molecule has 0 amide bonds. The molecule has 152 valence electrons. The summed E-state index contributed by atoms with van der Waals surface area (Å²) in [5, 5.41) is 0. The van der Waals surface area contributed by atoms with E-state index in [0.717, 1.165) is 24.1 Å². The molecule has 0 aromatic carbocycles. The molecule has 9 nitrogen and oxygen atoms in total. The van der Waals surface area contributed by atoms with Gasteiger partial charge >= 0.3 is 0 Å². The van der Waals surface area contributed by atoms with Crippen molar-refractivity contribution < 1.29 is 52.4 Å². The number of fused-ring (bicyclic) bond motifs is 2. The standard InChI is InChI=1S/C17H24NO4.ClHO4/c1-12-14-8-9-16(19-2,20-3)17(21-4,22-5)15(14)11-13-7-6-10-18(12)13;2-1(3,4)5/h8-9,11H,6-7,10H2,1-5H3;(H,2,3,4,5)/q+1;/p-1. The molecule has 0 radical (unpaired) electrons. The van der Waals surface area contributed by atoms with Crippen LogP contribution in [0.2, 0.25) is 0 Å². The van der Waals surface area contributed by atoms with Crippen molar-refractivity contribution in [1.82, 2.24) is 0 Å². The van der Waals surface area contributed by atoms with Crippen LogP contribution in [0.5, 0.6) is 0 Å². The average Bonchev–Trinajstić information content (AvgIpc) is 3.08. The quantitative estimate of drug-likeness (QED) is 0.380. The van der Waals surface area contributed by atoms with Crippen LogP contribution >= 0.6 is 0 Å². The van der Waals surface area contributed by atoms with Crippen LogP contribution in [0, 0.1) is 17.2 Å². The lowest BCUT2D eigenvalue weighted by molar-refractivity contribution is -2.00. The summed E-state index contributed by atoms with van der Waals surface area (Å²) in [6.07, 6.45) is 6.14. The van der Waals surface area contributed by atoms with E-state index in [4.69, 9.17) is 37.6 Å². The molecule has 0 bridgehead atoms. The van der Waals surface area contributed by atoms with E-state index in [2.05, 4.69) is 17.6 Å². The normalized spacial score (nSPS) is 19.1. The molecule has 1 aliphatic heterocycles. The van der Waals surface area contributed by atoms with Gasteiger partial charge in [-0.25, -0.2) is 18.6 Å². The van der Waals surface area contributed by atoms with Crippen LogP contribution in [0.4, 0.5) is 0 Å². The van der Waals surface area contributed by atoms with Crippen LogP contribution in [0.1, 0.15) is 28.9 Å². The fraction of sp³-hybridized carbons (Fsp3) is 0.588. The largest absolute Gasteiger partial charge is 0.345 e. The number of pyridine rings is 1. The third kappa shape index (κ3) is 3.88. The van der Waals surface area contributed by atoms with Gasteiger partial charge in [-0.1, -0.05) is 0 Å². The summed E-state index contributed by atoms with van der Waals surface area (Å²) in [6.45, 7) is 3.20. The van der Waals surface area contributed by atoms with Gasteiger partial charge in [-0.05, 0) is 12.2 Å². The zero-order chi connectivity index (χ0) is 20.5. The molecule has 2 heterocycles. The summed E-state index contributed by atoms with van der Waals surface area (Å²) >= 11 is 0. The molecule has 0 spiro atoms. The Morgan fingerprint density at radius 2 is 1.56 bits per heavy atom. The molecular weight excluding hydrogens is 382 g/mol. The van der Waals surface area contributed by atoms with Crippen molar-refractivity contribution in [3.05, 3.63) is 34.7 Å². The highest BCUT2D eigenvalue weighted by Gasteiger charge is 2.58. The second-order valence-electron chi connectivity index (χ2n) is 6.12. The number of hydrogen-bond donors (Lipinski definition) is 0. The molecule has 3 rings (SSSR count). The first-order valence-corrected chi connectivity index (χ1v) is 9.41. The summed E-state index contributed by atoms with van der Waals surface area (Å²) in [7, 11) is 1.49. The van der Waals surface area contributed by atoms with Crippen molar-refractivity contribution in [3.63, 3.8) is 0 Å². The lowest BCUT2D eigenvalue weighted by Crippen LogP contribution is -2.68. The Balaban J connectivity index is 0.000000465. The minimum absolute atomic E-state index is 0.953. The van der Waals surface area contributed by atoms with Crippen molar-refractivity contribution in [2.45, 2.75) is 37.9 Å². The molecule has 0 saturated heterocycles. The maximum Gasteiger partial charge on any atom is 0.255 e. The summed E-state index contributed by atoms with van der Waals surface area (Å²) < 4.78 is 59.4. The minimum atomic E-state index is -4.94. The maximum absolute atomic E-state index is 8.49. The SMILES string of the molecule is COC1(OC)C=Cc2c(cc3[n+](c2C)CCC3)C1(OC)OC.[O-][Cl+3]([O-])([O-])[O-]. The number of ether oxygens (including phenoxy) is 4. The Kier molecular flexibility index (Phi) is 6.63. The predicted octanol–water partition coefficient (Wildman–Crippen LogP) is -3.07. The van der Waals surface area contributed by atoms with E-state index < -0.39 is 21.8 Å². The lowest BCUT2D eigenvalue weighted by atomic mass is 9.85. The molecule has 10 heteroatoms. The van der Waals surface area contributed by atoms with E-state index in [-0.39, 0.29) is 0 Å². The number of aryl methyl sites for hydroxylation is 1. The fourth-order valence-corrected chi connectivity index (χ4v) is 3.86. The van der Waals surface area contributed by atoms with Crippen LogP contribution in [-0.4, -0.2) is 34.2 Å². The minimum Gasteiger partial charge on any atom is -0.345 e. The Labute approximate surface area is 160 Å². The molecule has 0 saturated carbocycles. The molecule has 0 fully saturated rings. The Morgan fingerprint density at radius 1 is 1.00 bits per heavy atom. The molecule has 1 aliphatic carbocycles. The molecule has 0 atom stereocenters. The maximum atomic E-state index is 8.49. The molecule has 1 aromatic rings. The topological polar surface area (TPSA) is 133 Å². The molecule has 2 aliphatic rings. The molecule has 0 N–H and O–H groups in total. The van der Waals surface area contributed by atoms with Gasteiger partial charge in [0.1, 0.15) is 6.54 Å². The Hall–Kier alpha value is -1.14. The monoisotopic (exact) mass is 405 g/mol. The van der Waals surface area contributed by atoms with Gasteiger partial charge in [0.2, 0.25) is 5.79 Å². The van der Waals surface area contributed by atoms with E-state index in [1.807, 2.05) is 12.2 Å². The molecule has 1 aromatic heterocycles. The zero-order valence-electron chi connectivity index (χ0n) is 15.9. The van der Waals surface area contributed by atoms with Gasteiger partial charge in [-0.2, -0.15) is 4.57 Å². The molecule has 0 unspecified atom stereocenters. The van der Waals surface area contributed by atoms with E-state index in [9.17, 15) is 0 Å². The number of halogens is 1. The highest BCUT2D eigenvalue weighted by molar-refractivity contribution is 5.62. The van der Waals surface area contributed by atoms with Crippen molar-refractivity contribution in [1.29, 1.82) is 0 Å². The van der Waals surface area contributed by atoms with Gasteiger partial charge in [-0.3, -0.25) is 0 Å². The van der Waals surface area contributed by atoms with E-state index in [1.165, 1.54) is 17.8 Å². The number of rotatable bonds is 4. The lowest BCUT2D eigenvalue weighted by Gasteiger charge is -2.46. The van der Waals surface area contributed by atoms with Gasteiger partial charge in [0.25, 0.3) is 5.79 Å². The summed E-state index contributed by atoms with van der Waals surface area (Å²) in [5.74, 6) is -2.25. The number of nitrogens with zero attached hydrogens (tertiary/aromatic N) is 1. The summed E-state index contributed by atoms with van der Waals surface area (Å²) in [4.78, 5) is 0. The predicted molar refractivity (Wildman–Crippen MR) is 81.2 cm³/mol. The summed E-state index contributed by atoms with van der Waals surface area (Å²) in [6, 6.07) is 2.17. The third-order valence-corrected chi connectivity index (χ3v) is 5.02. The second kappa shape index (κ2) is 8.08. The van der Waals surface area contributed by atoms with Gasteiger partial charge in [0, 0.05) is 59.8 Å². The third-order valence-electron chi connectivity index (χ3n) is 5.02. The first-order valence-electron chi connectivity index (χ1n) is 8.17. The highest BCUT2D eigenvalue weighted by atomic mass is 35.7. The van der Waals surface area contributed by atoms with Gasteiger partial charge in [0.05, 0.1) is 5.56 Å². The first kappa shape index (κ1) is 22.2. The Morgan fingerprint density at radius 3 is 2.04 bits per heavy atom. The highest BCUT2D eigenvalue weighted by Crippen LogP contribution is 2.47. The fourth-order valence-electron chi connectivity index (χ4n) is 3.86. The Bertz CT molecular complexity index is 702. The van der Waals surface area contributed by atoms with Gasteiger partial charge in [-0.15, -0.1) is 10.2 Å². The summed E-state index contributed by atoms with van der Waals surface area (Å²) in [5.41, 5.74) is 4.58. The van der Waals surface area contributed by atoms with E-state index in [1.54, 1.807) is 28.4 Å². The van der Waals surface area contributed by atoms with Crippen molar-refractivity contribution in [2.24, 2.45) is 0 Å². The van der Waals surface area contributed by atoms with Crippen LogP contribution in [0.3, 0.4) is 0 Å². The number of hydrogen-bond acceptors (Lipinski definition) is 8. The van der Waals surface area contributed by atoms with Gasteiger partial charge in [0.15, 0.2) is 11.4 Å². The van der Waals surface area contributed by atoms with Crippen molar-refractivity contribution in [3.8, 4) is 0 Å². The number of aromatic nitrogens is 1. The van der Waals surface area contributed by atoms with Crippen molar-refractivity contribution in [2.75, 3.05) is 28.4 Å². The smallest absolute Gasteiger partial charge is 0.255 e. The van der Waals surface area contributed by atoms with E-state index in [0.29, 0.717) is 0 Å². The number of methoxy groups -OCH3 is 4. The van der Waals surface area contributed by atoms with Crippen LogP contribution in [0.15, 0.2) is 12.1 Å². The average molecular weight is 406 g/mol. The first-order chi connectivity index (χ1) is 12.6. The van der Waals surface area contributed by atoms with Gasteiger partial charge < -0.3 is 18.9 Å². The van der Waals surface area contributed by atoms with Crippen molar-refractivity contribution >= 4 is 6.08 Å². The molecule has 27 heavy (non-hydrogen) atoms. The van der Waals surface area contributed by atoms with Crippen LogP contribution < -0.4 is 23.2 Å². The van der Waals surface area contributed by atoms with Crippen LogP contribution in [-0.2, 0) is 37.7 Å². The zero-order valence-corrected chi connectivity index (χ0v) is 16.7.